The number of thioether (sulfide) groups is 1. The summed E-state index contributed by atoms with van der Waals surface area (Å²) >= 11 is 5.99. The first-order chi connectivity index (χ1) is 8.28. The predicted octanol–water partition coefficient (Wildman–Crippen LogP) is 3.77. The zero-order valence-corrected chi connectivity index (χ0v) is 13.7. The summed E-state index contributed by atoms with van der Waals surface area (Å²) in [6, 6.07) is 3.63. The number of Topliss-reactive ketones (excluding diaryl/α,β-unsaturated/α-hetero) is 1. The molecule has 0 radical (unpaired) electrons. The van der Waals surface area contributed by atoms with Gasteiger partial charge in [-0.3, -0.25) is 9.59 Å². The van der Waals surface area contributed by atoms with E-state index in [4.69, 9.17) is 4.74 Å². The van der Waals surface area contributed by atoms with Crippen molar-refractivity contribution in [2.75, 3.05) is 11.5 Å². The second-order valence-corrected chi connectivity index (χ2v) is 8.05. The molecule has 1 aromatic rings. The molecular formula is C12H15BrO3S2. The smallest absolute Gasteiger partial charge is 0.316 e. The lowest BCUT2D eigenvalue weighted by molar-refractivity contribution is -0.151. The molecule has 0 aliphatic rings. The van der Waals surface area contributed by atoms with E-state index < -0.39 is 5.60 Å². The molecule has 0 saturated carbocycles. The van der Waals surface area contributed by atoms with Gasteiger partial charge in [-0.05, 0) is 48.8 Å². The maximum absolute atomic E-state index is 11.7. The number of carbonyl (C=O) groups is 2. The lowest BCUT2D eigenvalue weighted by atomic mass is 10.2. The number of ketones is 1. The van der Waals surface area contributed by atoms with Crippen molar-refractivity contribution in [3.05, 3.63) is 20.8 Å². The van der Waals surface area contributed by atoms with Crippen molar-refractivity contribution >= 4 is 50.8 Å². The van der Waals surface area contributed by atoms with Gasteiger partial charge in [0.2, 0.25) is 0 Å². The van der Waals surface area contributed by atoms with E-state index in [0.717, 1.165) is 3.79 Å². The monoisotopic (exact) mass is 350 g/mol. The van der Waals surface area contributed by atoms with E-state index in [0.29, 0.717) is 10.6 Å². The molecule has 18 heavy (non-hydrogen) atoms. The van der Waals surface area contributed by atoms with Crippen molar-refractivity contribution in [2.45, 2.75) is 26.4 Å². The van der Waals surface area contributed by atoms with Crippen molar-refractivity contribution in [2.24, 2.45) is 0 Å². The van der Waals surface area contributed by atoms with Crippen LogP contribution in [0.3, 0.4) is 0 Å². The Bertz CT molecular complexity index is 435. The lowest BCUT2D eigenvalue weighted by Gasteiger charge is -2.19. The molecule has 0 aromatic carbocycles. The summed E-state index contributed by atoms with van der Waals surface area (Å²) in [6.45, 7) is 5.47. The van der Waals surface area contributed by atoms with E-state index in [9.17, 15) is 9.59 Å². The van der Waals surface area contributed by atoms with Gasteiger partial charge in [-0.1, -0.05) is 0 Å². The summed E-state index contributed by atoms with van der Waals surface area (Å²) in [6.07, 6.45) is 0. The van der Waals surface area contributed by atoms with Gasteiger partial charge in [0.15, 0.2) is 5.78 Å². The molecule has 0 unspecified atom stereocenters. The number of rotatable bonds is 5. The van der Waals surface area contributed by atoms with E-state index in [2.05, 4.69) is 15.9 Å². The highest BCUT2D eigenvalue weighted by molar-refractivity contribution is 9.11. The van der Waals surface area contributed by atoms with Gasteiger partial charge in [0, 0.05) is 0 Å². The SMILES string of the molecule is CC(C)(C)OC(=O)CSCC(=O)c1ccc(Br)s1. The second kappa shape index (κ2) is 6.73. The molecule has 0 spiro atoms. The van der Waals surface area contributed by atoms with Crippen molar-refractivity contribution in [1.29, 1.82) is 0 Å². The third-order valence-corrected chi connectivity index (χ3v) is 4.29. The van der Waals surface area contributed by atoms with Gasteiger partial charge in [0.1, 0.15) is 5.60 Å². The van der Waals surface area contributed by atoms with Crippen molar-refractivity contribution in [3.63, 3.8) is 0 Å². The average molecular weight is 351 g/mol. The highest BCUT2D eigenvalue weighted by Gasteiger charge is 2.17. The Morgan fingerprint density at radius 1 is 1.33 bits per heavy atom. The van der Waals surface area contributed by atoms with Crippen molar-refractivity contribution < 1.29 is 14.3 Å². The van der Waals surface area contributed by atoms with E-state index >= 15 is 0 Å². The third-order valence-electron chi connectivity index (χ3n) is 1.72. The van der Waals surface area contributed by atoms with Gasteiger partial charge in [0.05, 0.1) is 20.2 Å². The number of hydrogen-bond donors (Lipinski definition) is 0. The van der Waals surface area contributed by atoms with Crippen molar-refractivity contribution in [1.82, 2.24) is 0 Å². The number of carbonyl (C=O) groups excluding carboxylic acids is 2. The zero-order valence-electron chi connectivity index (χ0n) is 10.5. The van der Waals surface area contributed by atoms with Gasteiger partial charge < -0.3 is 4.74 Å². The van der Waals surface area contributed by atoms with Crippen LogP contribution in [0.4, 0.5) is 0 Å². The summed E-state index contributed by atoms with van der Waals surface area (Å²) in [5.41, 5.74) is -0.472. The molecule has 0 bridgehead atoms. The van der Waals surface area contributed by atoms with Crippen LogP contribution in [0, 0.1) is 0 Å². The topological polar surface area (TPSA) is 43.4 Å². The van der Waals surface area contributed by atoms with E-state index in [-0.39, 0.29) is 17.5 Å². The number of thiophene rings is 1. The molecule has 3 nitrogen and oxygen atoms in total. The summed E-state index contributed by atoms with van der Waals surface area (Å²) in [4.78, 5) is 23.9. The van der Waals surface area contributed by atoms with Crippen LogP contribution in [0.5, 0.6) is 0 Å². The number of esters is 1. The molecule has 0 atom stereocenters. The van der Waals surface area contributed by atoms with E-state index in [1.165, 1.54) is 23.1 Å². The fourth-order valence-electron chi connectivity index (χ4n) is 1.13. The highest BCUT2D eigenvalue weighted by Crippen LogP contribution is 2.23. The van der Waals surface area contributed by atoms with Crippen LogP contribution >= 0.6 is 39.0 Å². The summed E-state index contributed by atoms with van der Waals surface area (Å²) < 4.78 is 6.09. The van der Waals surface area contributed by atoms with Crippen LogP contribution in [0.25, 0.3) is 0 Å². The van der Waals surface area contributed by atoms with E-state index in [1.807, 2.05) is 26.8 Å². The maximum Gasteiger partial charge on any atom is 0.316 e. The quantitative estimate of drug-likeness (QED) is 0.598. The fourth-order valence-corrected chi connectivity index (χ4v) is 3.22. The Morgan fingerprint density at radius 2 is 2.00 bits per heavy atom. The Balaban J connectivity index is 2.30. The minimum atomic E-state index is -0.472. The average Bonchev–Trinajstić information content (AvgIpc) is 2.62. The van der Waals surface area contributed by atoms with Gasteiger partial charge in [0.25, 0.3) is 0 Å². The van der Waals surface area contributed by atoms with Crippen LogP contribution in [0.15, 0.2) is 15.9 Å². The first-order valence-electron chi connectivity index (χ1n) is 5.36. The molecular weight excluding hydrogens is 336 g/mol. The Morgan fingerprint density at radius 3 is 2.50 bits per heavy atom. The molecule has 0 saturated heterocycles. The van der Waals surface area contributed by atoms with E-state index in [1.54, 1.807) is 6.07 Å². The molecule has 0 aliphatic carbocycles. The molecule has 0 fully saturated rings. The molecule has 0 N–H and O–H groups in total. The largest absolute Gasteiger partial charge is 0.459 e. The van der Waals surface area contributed by atoms with Gasteiger partial charge in [-0.25, -0.2) is 0 Å². The van der Waals surface area contributed by atoms with Crippen LogP contribution in [-0.4, -0.2) is 28.9 Å². The number of halogens is 1. The molecule has 0 amide bonds. The van der Waals surface area contributed by atoms with Crippen LogP contribution in [0.1, 0.15) is 30.4 Å². The van der Waals surface area contributed by atoms with Gasteiger partial charge >= 0.3 is 5.97 Å². The third kappa shape index (κ3) is 6.02. The molecule has 6 heteroatoms. The minimum Gasteiger partial charge on any atom is -0.459 e. The Kier molecular flexibility index (Phi) is 5.88. The Hall–Kier alpha value is -0.330. The highest BCUT2D eigenvalue weighted by atomic mass is 79.9. The molecule has 1 aromatic heterocycles. The summed E-state index contributed by atoms with van der Waals surface area (Å²) in [5, 5.41) is 0. The first kappa shape index (κ1) is 15.7. The fraction of sp³-hybridized carbons (Fsp3) is 0.500. The standard InChI is InChI=1S/C12H15BrO3S2/c1-12(2,3)16-11(15)7-17-6-8(14)9-4-5-10(13)18-9/h4-5H,6-7H2,1-3H3. The summed E-state index contributed by atoms with van der Waals surface area (Å²) in [5.74, 6) is 0.258. The zero-order chi connectivity index (χ0) is 13.8. The maximum atomic E-state index is 11.7. The summed E-state index contributed by atoms with van der Waals surface area (Å²) in [7, 11) is 0. The van der Waals surface area contributed by atoms with Crippen LogP contribution in [0.2, 0.25) is 0 Å². The molecule has 1 rings (SSSR count). The second-order valence-electron chi connectivity index (χ2n) is 4.61. The molecule has 1 heterocycles. The Labute approximate surface area is 123 Å². The molecule has 0 aliphatic heterocycles. The first-order valence-corrected chi connectivity index (χ1v) is 8.12. The molecule has 100 valence electrons. The normalized spacial score (nSPS) is 11.3. The van der Waals surface area contributed by atoms with Gasteiger partial charge in [-0.15, -0.1) is 23.1 Å². The van der Waals surface area contributed by atoms with Crippen LogP contribution < -0.4 is 0 Å². The minimum absolute atomic E-state index is 0.0410. The van der Waals surface area contributed by atoms with Gasteiger partial charge in [-0.2, -0.15) is 0 Å². The number of hydrogen-bond acceptors (Lipinski definition) is 5. The lowest BCUT2D eigenvalue weighted by Crippen LogP contribution is -2.25. The van der Waals surface area contributed by atoms with Crippen LogP contribution in [-0.2, 0) is 9.53 Å². The predicted molar refractivity (Wildman–Crippen MR) is 79.5 cm³/mol. The number of ether oxygens (including phenoxy) is 1. The van der Waals surface area contributed by atoms with Crippen molar-refractivity contribution in [3.8, 4) is 0 Å².